The third-order valence-corrected chi connectivity index (χ3v) is 7.47. The molecule has 0 aliphatic heterocycles. The minimum absolute atomic E-state index is 0.0288. The molecule has 1 atom stereocenters. The number of H-pyrrole nitrogens is 1. The highest BCUT2D eigenvalue weighted by molar-refractivity contribution is 7.18. The van der Waals surface area contributed by atoms with Crippen LogP contribution in [-0.2, 0) is 32.4 Å². The van der Waals surface area contributed by atoms with Gasteiger partial charge in [-0.1, -0.05) is 60.7 Å². The van der Waals surface area contributed by atoms with Crippen molar-refractivity contribution in [2.75, 3.05) is 6.54 Å². The van der Waals surface area contributed by atoms with Crippen LogP contribution in [0.2, 0.25) is 0 Å². The summed E-state index contributed by atoms with van der Waals surface area (Å²) in [6.45, 7) is 1.65. The van der Waals surface area contributed by atoms with Gasteiger partial charge in [0.15, 0.2) is 0 Å². The first kappa shape index (κ1) is 22.0. The van der Waals surface area contributed by atoms with Gasteiger partial charge >= 0.3 is 0 Å². The van der Waals surface area contributed by atoms with Crippen molar-refractivity contribution < 1.29 is 5.11 Å². The fourth-order valence-corrected chi connectivity index (χ4v) is 6.05. The van der Waals surface area contributed by atoms with Gasteiger partial charge in [0.1, 0.15) is 10.7 Å². The summed E-state index contributed by atoms with van der Waals surface area (Å²) < 4.78 is 0. The minimum Gasteiger partial charge on any atom is -0.391 e. The lowest BCUT2D eigenvalue weighted by Crippen LogP contribution is -2.34. The second kappa shape index (κ2) is 10.00. The molecule has 6 heteroatoms. The van der Waals surface area contributed by atoms with Crippen LogP contribution in [0.5, 0.6) is 0 Å². The molecule has 4 aromatic rings. The lowest BCUT2D eigenvalue weighted by Gasteiger charge is -2.25. The number of aryl methyl sites for hydroxylation is 2. The van der Waals surface area contributed by atoms with E-state index < -0.39 is 6.10 Å². The predicted octanol–water partition coefficient (Wildman–Crippen LogP) is 4.47. The number of aromatic nitrogens is 2. The van der Waals surface area contributed by atoms with E-state index in [9.17, 15) is 9.90 Å². The number of fused-ring (bicyclic) bond motifs is 3. The SMILES string of the molecule is O=c1[nH]c(CN(Cc2ccccc2)C[C@H](O)Cc2ccccc2)nc2sc3c(c12)CCCC3. The first-order chi connectivity index (χ1) is 16.2. The summed E-state index contributed by atoms with van der Waals surface area (Å²) in [5, 5.41) is 11.6. The van der Waals surface area contributed by atoms with E-state index in [1.807, 2.05) is 48.5 Å². The van der Waals surface area contributed by atoms with Crippen molar-refractivity contribution in [1.82, 2.24) is 14.9 Å². The molecule has 5 rings (SSSR count). The van der Waals surface area contributed by atoms with E-state index in [1.165, 1.54) is 22.4 Å². The summed E-state index contributed by atoms with van der Waals surface area (Å²) in [4.78, 5) is 25.2. The van der Waals surface area contributed by atoms with Crippen molar-refractivity contribution in [2.24, 2.45) is 0 Å². The number of hydrogen-bond donors (Lipinski definition) is 2. The lowest BCUT2D eigenvalue weighted by atomic mass is 9.97. The van der Waals surface area contributed by atoms with Crippen molar-refractivity contribution in [3.8, 4) is 0 Å². The molecule has 0 bridgehead atoms. The quantitative estimate of drug-likeness (QED) is 0.408. The number of benzene rings is 2. The van der Waals surface area contributed by atoms with Gasteiger partial charge in [0, 0.05) is 18.0 Å². The summed E-state index contributed by atoms with van der Waals surface area (Å²) in [6, 6.07) is 20.3. The van der Waals surface area contributed by atoms with E-state index in [4.69, 9.17) is 4.98 Å². The zero-order chi connectivity index (χ0) is 22.6. The summed E-state index contributed by atoms with van der Waals surface area (Å²) in [5.41, 5.74) is 3.46. The number of hydrogen-bond acceptors (Lipinski definition) is 5. The van der Waals surface area contributed by atoms with Gasteiger partial charge in [-0.2, -0.15) is 0 Å². The van der Waals surface area contributed by atoms with Crippen molar-refractivity contribution in [3.63, 3.8) is 0 Å². The minimum atomic E-state index is -0.513. The second-order valence-electron chi connectivity index (χ2n) is 8.90. The van der Waals surface area contributed by atoms with Crippen molar-refractivity contribution in [1.29, 1.82) is 0 Å². The molecule has 1 aliphatic rings. The van der Waals surface area contributed by atoms with Crippen LogP contribution >= 0.6 is 11.3 Å². The molecular formula is C27H29N3O2S. The van der Waals surface area contributed by atoms with Gasteiger partial charge < -0.3 is 10.1 Å². The first-order valence-corrected chi connectivity index (χ1v) is 12.5. The molecule has 0 amide bonds. The Balaban J connectivity index is 1.39. The number of rotatable bonds is 8. The molecule has 0 saturated carbocycles. The average Bonchev–Trinajstić information content (AvgIpc) is 3.19. The van der Waals surface area contributed by atoms with Crippen molar-refractivity contribution in [3.05, 3.63) is 98.4 Å². The number of nitrogens with zero attached hydrogens (tertiary/aromatic N) is 2. The first-order valence-electron chi connectivity index (χ1n) is 11.7. The normalized spacial score (nSPS) is 14.5. The smallest absolute Gasteiger partial charge is 0.259 e. The molecule has 170 valence electrons. The lowest BCUT2D eigenvalue weighted by molar-refractivity contribution is 0.103. The van der Waals surface area contributed by atoms with Crippen LogP contribution in [0, 0.1) is 0 Å². The Morgan fingerprint density at radius 2 is 1.67 bits per heavy atom. The number of aliphatic hydroxyl groups is 1. The summed E-state index contributed by atoms with van der Waals surface area (Å²) in [7, 11) is 0. The number of nitrogens with one attached hydrogen (secondary N) is 1. The summed E-state index contributed by atoms with van der Waals surface area (Å²) in [5.74, 6) is 0.661. The third-order valence-electron chi connectivity index (χ3n) is 6.28. The van der Waals surface area contributed by atoms with E-state index in [2.05, 4.69) is 22.0 Å². The molecule has 2 heterocycles. The molecule has 0 radical (unpaired) electrons. The molecule has 2 aromatic heterocycles. The summed E-state index contributed by atoms with van der Waals surface area (Å²) in [6.07, 6.45) is 4.44. The highest BCUT2D eigenvalue weighted by Gasteiger charge is 2.21. The molecule has 0 saturated heterocycles. The largest absolute Gasteiger partial charge is 0.391 e. The van der Waals surface area contributed by atoms with Gasteiger partial charge in [-0.3, -0.25) is 9.69 Å². The maximum atomic E-state index is 13.0. The highest BCUT2D eigenvalue weighted by Crippen LogP contribution is 2.33. The van der Waals surface area contributed by atoms with E-state index in [1.54, 1.807) is 11.3 Å². The van der Waals surface area contributed by atoms with E-state index in [0.29, 0.717) is 31.9 Å². The summed E-state index contributed by atoms with van der Waals surface area (Å²) >= 11 is 1.68. The van der Waals surface area contributed by atoms with Gasteiger partial charge in [0.25, 0.3) is 5.56 Å². The number of aromatic amines is 1. The second-order valence-corrected chi connectivity index (χ2v) is 9.99. The molecule has 33 heavy (non-hydrogen) atoms. The van der Waals surface area contributed by atoms with E-state index >= 15 is 0 Å². The fourth-order valence-electron chi connectivity index (χ4n) is 4.77. The maximum absolute atomic E-state index is 13.0. The number of thiophene rings is 1. The van der Waals surface area contributed by atoms with Crippen LogP contribution in [0.4, 0.5) is 0 Å². The zero-order valence-electron chi connectivity index (χ0n) is 18.7. The molecule has 2 N–H and O–H groups in total. The molecule has 0 spiro atoms. The van der Waals surface area contributed by atoms with Crippen LogP contribution in [0.1, 0.15) is 40.2 Å². The predicted molar refractivity (Wildman–Crippen MR) is 134 cm³/mol. The third kappa shape index (κ3) is 5.24. The Morgan fingerprint density at radius 1 is 0.970 bits per heavy atom. The van der Waals surface area contributed by atoms with E-state index in [0.717, 1.165) is 35.0 Å². The molecule has 0 unspecified atom stereocenters. The fraction of sp³-hybridized carbons (Fsp3) is 0.333. The van der Waals surface area contributed by atoms with Crippen molar-refractivity contribution >= 4 is 21.6 Å². The van der Waals surface area contributed by atoms with Crippen LogP contribution in [0.3, 0.4) is 0 Å². The Kier molecular flexibility index (Phi) is 6.67. The molecule has 1 aliphatic carbocycles. The van der Waals surface area contributed by atoms with Crippen LogP contribution in [0.15, 0.2) is 65.5 Å². The van der Waals surface area contributed by atoms with Gasteiger partial charge in [-0.15, -0.1) is 11.3 Å². The molecular weight excluding hydrogens is 430 g/mol. The Labute approximate surface area is 197 Å². The molecule has 0 fully saturated rings. The molecule has 5 nitrogen and oxygen atoms in total. The topological polar surface area (TPSA) is 69.2 Å². The van der Waals surface area contributed by atoms with Crippen LogP contribution in [-0.4, -0.2) is 32.6 Å². The van der Waals surface area contributed by atoms with Gasteiger partial charge in [0.05, 0.1) is 18.0 Å². The monoisotopic (exact) mass is 459 g/mol. The van der Waals surface area contributed by atoms with Crippen LogP contribution in [0.25, 0.3) is 10.2 Å². The zero-order valence-corrected chi connectivity index (χ0v) is 19.5. The van der Waals surface area contributed by atoms with Gasteiger partial charge in [0.2, 0.25) is 0 Å². The standard InChI is InChI=1S/C27H29N3O2S/c31-21(15-19-9-3-1-4-10-19)17-30(16-20-11-5-2-6-12-20)18-24-28-26(32)25-22-13-7-8-14-23(22)33-27(25)29-24/h1-6,9-12,21,31H,7-8,13-18H2,(H,28,29,32)/t21-/m1/s1. The van der Waals surface area contributed by atoms with Crippen molar-refractivity contribution in [2.45, 2.75) is 51.3 Å². The van der Waals surface area contributed by atoms with Gasteiger partial charge in [-0.05, 0) is 48.8 Å². The van der Waals surface area contributed by atoms with Crippen LogP contribution < -0.4 is 5.56 Å². The van der Waals surface area contributed by atoms with E-state index in [-0.39, 0.29) is 5.56 Å². The Bertz CT molecular complexity index is 1270. The Morgan fingerprint density at radius 3 is 2.42 bits per heavy atom. The number of aliphatic hydroxyl groups excluding tert-OH is 1. The van der Waals surface area contributed by atoms with Gasteiger partial charge in [-0.25, -0.2) is 4.98 Å². The Hall–Kier alpha value is -2.80. The molecule has 2 aromatic carbocycles. The maximum Gasteiger partial charge on any atom is 0.259 e. The average molecular weight is 460 g/mol. The highest BCUT2D eigenvalue weighted by atomic mass is 32.1.